The zero-order valence-corrected chi connectivity index (χ0v) is 9.68. The molecule has 0 spiro atoms. The van der Waals surface area contributed by atoms with Gasteiger partial charge < -0.3 is 5.32 Å². The number of benzene rings is 1. The van der Waals surface area contributed by atoms with E-state index < -0.39 is 5.82 Å². The minimum Gasteiger partial charge on any atom is -0.349 e. The molecule has 1 aliphatic rings. The molecular weight excluding hydrogens is 261 g/mol. The first-order valence-corrected chi connectivity index (χ1v) is 5.72. The quantitative estimate of drug-likeness (QED) is 0.881. The van der Waals surface area contributed by atoms with E-state index >= 15 is 0 Å². The maximum absolute atomic E-state index is 12.9. The average molecular weight is 272 g/mol. The molecule has 0 atom stereocenters. The van der Waals surface area contributed by atoms with Gasteiger partial charge in [0.15, 0.2) is 0 Å². The second-order valence-corrected chi connectivity index (χ2v) is 4.58. The summed E-state index contributed by atoms with van der Waals surface area (Å²) in [6.45, 7) is 0. The molecule has 0 heterocycles. The van der Waals surface area contributed by atoms with E-state index in [0.29, 0.717) is 10.0 Å². The second kappa shape index (κ2) is 4.31. The predicted molar refractivity (Wildman–Crippen MR) is 59.2 cm³/mol. The SMILES string of the molecule is O=C(NC1CCC1)c1cc(F)ccc1Br. The highest BCUT2D eigenvalue weighted by molar-refractivity contribution is 9.10. The first-order valence-electron chi connectivity index (χ1n) is 4.93. The number of nitrogens with one attached hydrogen (secondary N) is 1. The minimum atomic E-state index is -0.392. The van der Waals surface area contributed by atoms with Gasteiger partial charge in [-0.2, -0.15) is 0 Å². The standard InChI is InChI=1S/C11H11BrFNO/c12-10-5-4-7(13)6-9(10)11(15)14-8-2-1-3-8/h4-6,8H,1-3H2,(H,14,15). The Morgan fingerprint density at radius 1 is 1.47 bits per heavy atom. The van der Waals surface area contributed by atoms with Crippen LogP contribution in [0.4, 0.5) is 4.39 Å². The third kappa shape index (κ3) is 2.37. The van der Waals surface area contributed by atoms with Crippen LogP contribution in [0.5, 0.6) is 0 Å². The van der Waals surface area contributed by atoms with E-state index in [1.165, 1.54) is 12.1 Å². The molecule has 0 bridgehead atoms. The molecule has 1 N–H and O–H groups in total. The van der Waals surface area contributed by atoms with Crippen LogP contribution in [0.3, 0.4) is 0 Å². The maximum atomic E-state index is 12.9. The minimum absolute atomic E-state index is 0.203. The van der Waals surface area contributed by atoms with Crippen LogP contribution in [0.2, 0.25) is 0 Å². The fraction of sp³-hybridized carbons (Fsp3) is 0.364. The summed E-state index contributed by atoms with van der Waals surface area (Å²) in [5.74, 6) is -0.594. The molecule has 1 aromatic carbocycles. The van der Waals surface area contributed by atoms with Gasteiger partial charge in [0.05, 0.1) is 5.56 Å². The smallest absolute Gasteiger partial charge is 0.252 e. The van der Waals surface area contributed by atoms with Crippen molar-refractivity contribution in [1.82, 2.24) is 5.32 Å². The Bertz CT molecular complexity index is 390. The van der Waals surface area contributed by atoms with E-state index in [1.807, 2.05) is 0 Å². The van der Waals surface area contributed by atoms with Gasteiger partial charge in [-0.1, -0.05) is 0 Å². The van der Waals surface area contributed by atoms with Gasteiger partial charge in [0.2, 0.25) is 0 Å². The lowest BCUT2D eigenvalue weighted by atomic mass is 9.93. The van der Waals surface area contributed by atoms with Crippen molar-refractivity contribution < 1.29 is 9.18 Å². The Labute approximate surface area is 96.0 Å². The molecule has 80 valence electrons. The zero-order valence-electron chi connectivity index (χ0n) is 8.09. The molecule has 2 nitrogen and oxygen atoms in total. The normalized spacial score (nSPS) is 15.9. The van der Waals surface area contributed by atoms with Crippen LogP contribution >= 0.6 is 15.9 Å². The number of halogens is 2. The summed E-state index contributed by atoms with van der Waals surface area (Å²) in [6.07, 6.45) is 3.21. The van der Waals surface area contributed by atoms with E-state index in [9.17, 15) is 9.18 Å². The van der Waals surface area contributed by atoms with Gasteiger partial charge in [0.25, 0.3) is 5.91 Å². The van der Waals surface area contributed by atoms with Crippen molar-refractivity contribution in [3.8, 4) is 0 Å². The molecule has 4 heteroatoms. The highest BCUT2D eigenvalue weighted by atomic mass is 79.9. The van der Waals surface area contributed by atoms with Crippen molar-refractivity contribution in [1.29, 1.82) is 0 Å². The molecule has 1 fully saturated rings. The van der Waals surface area contributed by atoms with Gasteiger partial charge >= 0.3 is 0 Å². The van der Waals surface area contributed by atoms with Crippen molar-refractivity contribution in [3.05, 3.63) is 34.1 Å². The van der Waals surface area contributed by atoms with Crippen molar-refractivity contribution in [2.75, 3.05) is 0 Å². The number of rotatable bonds is 2. The number of carbonyl (C=O) groups is 1. The van der Waals surface area contributed by atoms with Crippen LogP contribution < -0.4 is 5.32 Å². The van der Waals surface area contributed by atoms with Crippen LogP contribution in [-0.2, 0) is 0 Å². The van der Waals surface area contributed by atoms with Gasteiger partial charge in [0.1, 0.15) is 5.82 Å². The van der Waals surface area contributed by atoms with Gasteiger partial charge in [-0.3, -0.25) is 4.79 Å². The van der Waals surface area contributed by atoms with Crippen molar-refractivity contribution >= 4 is 21.8 Å². The lowest BCUT2D eigenvalue weighted by Crippen LogP contribution is -2.39. The molecule has 0 saturated heterocycles. The summed E-state index contributed by atoms with van der Waals surface area (Å²) in [5.41, 5.74) is 0.363. The topological polar surface area (TPSA) is 29.1 Å². The lowest BCUT2D eigenvalue weighted by Gasteiger charge is -2.26. The predicted octanol–water partition coefficient (Wildman–Crippen LogP) is 2.87. The molecule has 0 unspecified atom stereocenters. The molecule has 0 radical (unpaired) electrons. The molecule has 0 aliphatic heterocycles. The number of hydrogen-bond donors (Lipinski definition) is 1. The van der Waals surface area contributed by atoms with Crippen LogP contribution in [0.1, 0.15) is 29.6 Å². The van der Waals surface area contributed by atoms with Crippen molar-refractivity contribution in [2.24, 2.45) is 0 Å². The summed E-state index contributed by atoms with van der Waals surface area (Å²) in [7, 11) is 0. The maximum Gasteiger partial charge on any atom is 0.252 e. The first kappa shape index (κ1) is 10.6. The second-order valence-electron chi connectivity index (χ2n) is 3.73. The van der Waals surface area contributed by atoms with E-state index in [0.717, 1.165) is 19.3 Å². The van der Waals surface area contributed by atoms with Gasteiger partial charge in [-0.15, -0.1) is 0 Å². The Hall–Kier alpha value is -0.900. The number of carbonyl (C=O) groups excluding carboxylic acids is 1. The average Bonchev–Trinajstić information content (AvgIpc) is 2.15. The van der Waals surface area contributed by atoms with Gasteiger partial charge in [-0.05, 0) is 53.4 Å². The highest BCUT2D eigenvalue weighted by Crippen LogP contribution is 2.21. The van der Waals surface area contributed by atoms with Crippen molar-refractivity contribution in [2.45, 2.75) is 25.3 Å². The van der Waals surface area contributed by atoms with E-state index in [2.05, 4.69) is 21.2 Å². The Kier molecular flexibility index (Phi) is 3.05. The Balaban J connectivity index is 2.12. The number of amides is 1. The van der Waals surface area contributed by atoms with E-state index in [1.54, 1.807) is 6.07 Å². The van der Waals surface area contributed by atoms with E-state index in [4.69, 9.17) is 0 Å². The molecule has 2 rings (SSSR count). The summed E-state index contributed by atoms with van der Waals surface area (Å²) in [5, 5.41) is 2.87. The molecular formula is C11H11BrFNO. The number of hydrogen-bond acceptors (Lipinski definition) is 1. The fourth-order valence-electron chi connectivity index (χ4n) is 1.49. The Morgan fingerprint density at radius 2 is 2.20 bits per heavy atom. The van der Waals surface area contributed by atoms with Crippen LogP contribution in [-0.4, -0.2) is 11.9 Å². The van der Waals surface area contributed by atoms with Crippen LogP contribution in [0.15, 0.2) is 22.7 Å². The van der Waals surface area contributed by atoms with Crippen LogP contribution in [0, 0.1) is 5.82 Å². The molecule has 1 aliphatic carbocycles. The summed E-state index contributed by atoms with van der Waals surface area (Å²) >= 11 is 3.23. The third-order valence-corrected chi connectivity index (χ3v) is 3.30. The summed E-state index contributed by atoms with van der Waals surface area (Å²) in [4.78, 5) is 11.7. The molecule has 15 heavy (non-hydrogen) atoms. The monoisotopic (exact) mass is 271 g/mol. The van der Waals surface area contributed by atoms with Gasteiger partial charge in [0, 0.05) is 10.5 Å². The first-order chi connectivity index (χ1) is 7.16. The Morgan fingerprint density at radius 3 is 2.80 bits per heavy atom. The summed E-state index contributed by atoms with van der Waals surface area (Å²) < 4.78 is 13.6. The highest BCUT2D eigenvalue weighted by Gasteiger charge is 2.21. The zero-order chi connectivity index (χ0) is 10.8. The molecule has 1 amide bonds. The molecule has 0 aromatic heterocycles. The van der Waals surface area contributed by atoms with Gasteiger partial charge in [-0.25, -0.2) is 4.39 Å². The molecule has 1 saturated carbocycles. The fourth-order valence-corrected chi connectivity index (χ4v) is 1.91. The lowest BCUT2D eigenvalue weighted by molar-refractivity contribution is 0.0915. The third-order valence-electron chi connectivity index (χ3n) is 2.61. The largest absolute Gasteiger partial charge is 0.349 e. The van der Waals surface area contributed by atoms with Crippen molar-refractivity contribution in [3.63, 3.8) is 0 Å². The summed E-state index contributed by atoms with van der Waals surface area (Å²) in [6, 6.07) is 4.39. The molecule has 1 aromatic rings. The van der Waals surface area contributed by atoms with E-state index in [-0.39, 0.29) is 11.9 Å². The van der Waals surface area contributed by atoms with Crippen LogP contribution in [0.25, 0.3) is 0 Å².